The molecule has 1 aliphatic rings. The van der Waals surface area contributed by atoms with Crippen LogP contribution >= 0.6 is 0 Å². The molecule has 1 aromatic carbocycles. The van der Waals surface area contributed by atoms with Crippen molar-refractivity contribution < 1.29 is 28.2 Å². The van der Waals surface area contributed by atoms with E-state index in [1.54, 1.807) is 30.3 Å². The van der Waals surface area contributed by atoms with Crippen LogP contribution in [0.2, 0.25) is 0 Å². The van der Waals surface area contributed by atoms with E-state index in [-0.39, 0.29) is 19.6 Å². The third-order valence-electron chi connectivity index (χ3n) is 3.47. The van der Waals surface area contributed by atoms with E-state index in [0.29, 0.717) is 0 Å². The predicted octanol–water partition coefficient (Wildman–Crippen LogP) is 2.36. The van der Waals surface area contributed by atoms with Crippen LogP contribution in [0.3, 0.4) is 0 Å². The molecule has 2 rings (SSSR count). The minimum atomic E-state index is -2.92. The van der Waals surface area contributed by atoms with Crippen molar-refractivity contribution in [3.8, 4) is 0 Å². The van der Waals surface area contributed by atoms with Gasteiger partial charge in [0.2, 0.25) is 0 Å². The second kappa shape index (κ2) is 6.51. The van der Waals surface area contributed by atoms with Gasteiger partial charge in [0.15, 0.2) is 0 Å². The SMILES string of the molecule is O=C(O)[C@@H]1CCN(C(=O)OCc2ccccc2)[C@H]1C(F)F. The molecule has 114 valence electrons. The number of alkyl halides is 2. The molecule has 0 aliphatic carbocycles. The summed E-state index contributed by atoms with van der Waals surface area (Å²) >= 11 is 0. The number of rotatable bonds is 4. The normalized spacial score (nSPS) is 21.6. The van der Waals surface area contributed by atoms with Gasteiger partial charge in [-0.1, -0.05) is 30.3 Å². The van der Waals surface area contributed by atoms with Gasteiger partial charge in [-0.05, 0) is 12.0 Å². The van der Waals surface area contributed by atoms with Gasteiger partial charge in [-0.2, -0.15) is 0 Å². The summed E-state index contributed by atoms with van der Waals surface area (Å²) in [6, 6.07) is 7.17. The van der Waals surface area contributed by atoms with Crippen LogP contribution in [0.25, 0.3) is 0 Å². The molecule has 0 aromatic heterocycles. The Morgan fingerprint density at radius 2 is 2.00 bits per heavy atom. The number of carbonyl (C=O) groups is 2. The summed E-state index contributed by atoms with van der Waals surface area (Å²) in [5.74, 6) is -2.58. The Hall–Kier alpha value is -2.18. The number of carboxylic acid groups (broad SMARTS) is 1. The van der Waals surface area contributed by atoms with Crippen LogP contribution in [-0.2, 0) is 16.1 Å². The number of amides is 1. The summed E-state index contributed by atoms with van der Waals surface area (Å²) in [4.78, 5) is 23.6. The summed E-state index contributed by atoms with van der Waals surface area (Å²) < 4.78 is 31.0. The monoisotopic (exact) mass is 299 g/mol. The number of benzene rings is 1. The van der Waals surface area contributed by atoms with Crippen molar-refractivity contribution in [3.05, 3.63) is 35.9 Å². The van der Waals surface area contributed by atoms with E-state index in [2.05, 4.69) is 0 Å². The maximum atomic E-state index is 13.0. The summed E-state index contributed by atoms with van der Waals surface area (Å²) in [5, 5.41) is 8.93. The highest BCUT2D eigenvalue weighted by Gasteiger charge is 2.47. The molecule has 0 unspecified atom stereocenters. The Kier molecular flexibility index (Phi) is 4.72. The van der Waals surface area contributed by atoms with Gasteiger partial charge >= 0.3 is 12.1 Å². The topological polar surface area (TPSA) is 66.8 Å². The molecule has 0 radical (unpaired) electrons. The minimum absolute atomic E-state index is 0.00474. The first kappa shape index (κ1) is 15.2. The van der Waals surface area contributed by atoms with Crippen LogP contribution in [0.4, 0.5) is 13.6 Å². The van der Waals surface area contributed by atoms with Crippen molar-refractivity contribution in [2.45, 2.75) is 25.5 Å². The summed E-state index contributed by atoms with van der Waals surface area (Å²) in [6.07, 6.45) is -3.82. The van der Waals surface area contributed by atoms with Gasteiger partial charge in [-0.3, -0.25) is 9.69 Å². The fourth-order valence-electron chi connectivity index (χ4n) is 2.41. The van der Waals surface area contributed by atoms with Gasteiger partial charge in [0.1, 0.15) is 12.6 Å². The van der Waals surface area contributed by atoms with Crippen molar-refractivity contribution in [2.24, 2.45) is 5.92 Å². The maximum absolute atomic E-state index is 13.0. The van der Waals surface area contributed by atoms with Crippen LogP contribution in [0.5, 0.6) is 0 Å². The molecule has 7 heteroatoms. The van der Waals surface area contributed by atoms with Crippen LogP contribution < -0.4 is 0 Å². The Balaban J connectivity index is 1.99. The number of halogens is 2. The van der Waals surface area contributed by atoms with E-state index >= 15 is 0 Å². The maximum Gasteiger partial charge on any atom is 0.410 e. The number of ether oxygens (including phenoxy) is 1. The highest BCUT2D eigenvalue weighted by atomic mass is 19.3. The first-order valence-corrected chi connectivity index (χ1v) is 6.49. The smallest absolute Gasteiger partial charge is 0.410 e. The number of nitrogens with zero attached hydrogens (tertiary/aromatic N) is 1. The van der Waals surface area contributed by atoms with Crippen molar-refractivity contribution in [1.29, 1.82) is 0 Å². The molecule has 2 atom stereocenters. The third kappa shape index (κ3) is 3.48. The molecule has 1 fully saturated rings. The third-order valence-corrected chi connectivity index (χ3v) is 3.47. The zero-order valence-corrected chi connectivity index (χ0v) is 11.1. The molecule has 1 N–H and O–H groups in total. The van der Waals surface area contributed by atoms with E-state index in [0.717, 1.165) is 10.5 Å². The van der Waals surface area contributed by atoms with E-state index in [9.17, 15) is 18.4 Å². The van der Waals surface area contributed by atoms with Crippen molar-refractivity contribution >= 4 is 12.1 Å². The molecule has 1 heterocycles. The fourth-order valence-corrected chi connectivity index (χ4v) is 2.41. The van der Waals surface area contributed by atoms with Crippen molar-refractivity contribution in [1.82, 2.24) is 4.90 Å². The standard InChI is InChI=1S/C14H15F2NO4/c15-12(16)11-10(13(18)19)6-7-17(11)14(20)21-8-9-4-2-1-3-5-9/h1-5,10-12H,6-8H2,(H,18,19)/t10-,11-/m1/s1. The lowest BCUT2D eigenvalue weighted by atomic mass is 10.0. The van der Waals surface area contributed by atoms with Crippen molar-refractivity contribution in [3.63, 3.8) is 0 Å². The summed E-state index contributed by atoms with van der Waals surface area (Å²) in [5.41, 5.74) is 0.730. The average Bonchev–Trinajstić information content (AvgIpc) is 2.91. The highest BCUT2D eigenvalue weighted by Crippen LogP contribution is 2.30. The molecule has 1 saturated heterocycles. The molecular weight excluding hydrogens is 284 g/mol. The van der Waals surface area contributed by atoms with E-state index in [1.807, 2.05) is 0 Å². The Labute approximate surface area is 120 Å². The van der Waals surface area contributed by atoms with E-state index < -0.39 is 30.4 Å². The first-order chi connectivity index (χ1) is 10.0. The van der Waals surface area contributed by atoms with E-state index in [1.165, 1.54) is 0 Å². The second-order valence-electron chi connectivity index (χ2n) is 4.79. The number of likely N-dealkylation sites (tertiary alicyclic amines) is 1. The number of carbonyl (C=O) groups excluding carboxylic acids is 1. The number of hydrogen-bond acceptors (Lipinski definition) is 3. The highest BCUT2D eigenvalue weighted by molar-refractivity contribution is 5.75. The molecule has 1 aromatic rings. The Bertz CT molecular complexity index is 509. The Morgan fingerprint density at radius 3 is 2.57 bits per heavy atom. The lowest BCUT2D eigenvalue weighted by Gasteiger charge is -2.25. The first-order valence-electron chi connectivity index (χ1n) is 6.49. The molecular formula is C14H15F2NO4. The molecule has 5 nitrogen and oxygen atoms in total. The van der Waals surface area contributed by atoms with Crippen LogP contribution in [0, 0.1) is 5.92 Å². The van der Waals surface area contributed by atoms with Gasteiger partial charge in [0.25, 0.3) is 6.43 Å². The van der Waals surface area contributed by atoms with Crippen LogP contribution in [0.1, 0.15) is 12.0 Å². The number of hydrogen-bond donors (Lipinski definition) is 1. The summed E-state index contributed by atoms with van der Waals surface area (Å²) in [7, 11) is 0. The quantitative estimate of drug-likeness (QED) is 0.927. The zero-order chi connectivity index (χ0) is 15.4. The molecule has 0 saturated carbocycles. The van der Waals surface area contributed by atoms with Crippen LogP contribution in [-0.4, -0.2) is 41.1 Å². The minimum Gasteiger partial charge on any atom is -0.481 e. The van der Waals surface area contributed by atoms with Gasteiger partial charge in [0, 0.05) is 6.54 Å². The van der Waals surface area contributed by atoms with Crippen LogP contribution in [0.15, 0.2) is 30.3 Å². The van der Waals surface area contributed by atoms with Crippen molar-refractivity contribution in [2.75, 3.05) is 6.54 Å². The second-order valence-corrected chi connectivity index (χ2v) is 4.79. The molecule has 21 heavy (non-hydrogen) atoms. The molecule has 1 amide bonds. The van der Waals surface area contributed by atoms with Gasteiger partial charge in [-0.25, -0.2) is 13.6 Å². The molecule has 0 spiro atoms. The molecule has 0 bridgehead atoms. The lowest BCUT2D eigenvalue weighted by Crippen LogP contribution is -2.44. The van der Waals surface area contributed by atoms with Gasteiger partial charge < -0.3 is 9.84 Å². The molecule has 1 aliphatic heterocycles. The number of aliphatic carboxylic acids is 1. The van der Waals surface area contributed by atoms with E-state index in [4.69, 9.17) is 9.84 Å². The summed E-state index contributed by atoms with van der Waals surface area (Å²) in [6.45, 7) is -0.0799. The predicted molar refractivity (Wildman–Crippen MR) is 68.9 cm³/mol. The van der Waals surface area contributed by atoms with Gasteiger partial charge in [0.05, 0.1) is 5.92 Å². The zero-order valence-electron chi connectivity index (χ0n) is 11.1. The largest absolute Gasteiger partial charge is 0.481 e. The number of carboxylic acids is 1. The van der Waals surface area contributed by atoms with Gasteiger partial charge in [-0.15, -0.1) is 0 Å². The Morgan fingerprint density at radius 1 is 1.33 bits per heavy atom. The lowest BCUT2D eigenvalue weighted by molar-refractivity contribution is -0.144. The average molecular weight is 299 g/mol. The fraction of sp³-hybridized carbons (Fsp3) is 0.429.